The number of carbonyl (C=O) groups excluding carboxylic acids is 2. The summed E-state index contributed by atoms with van der Waals surface area (Å²) in [6.07, 6.45) is 0. The number of amides is 3. The minimum atomic E-state index is -1.06. The van der Waals surface area contributed by atoms with Gasteiger partial charge in [-0.1, -0.05) is 15.9 Å². The molecule has 0 atom stereocenters. The molecule has 0 bridgehead atoms. The van der Waals surface area contributed by atoms with Crippen LogP contribution < -0.4 is 10.2 Å². The van der Waals surface area contributed by atoms with Crippen LogP contribution in [-0.4, -0.2) is 36.5 Å². The molecule has 0 aromatic heterocycles. The molecule has 1 aliphatic rings. The van der Waals surface area contributed by atoms with Gasteiger partial charge in [0, 0.05) is 29.3 Å². The number of nitrogens with one attached hydrogen (secondary N) is 1. The SMILES string of the molecule is O=C(CN1CCN(c2ccc(F)c(F)c2)C1=O)Nc1ccc(Br)cc1F. The lowest BCUT2D eigenvalue weighted by Gasteiger charge is -2.18. The number of hydrogen-bond donors (Lipinski definition) is 1. The molecule has 0 saturated carbocycles. The average molecular weight is 428 g/mol. The van der Waals surface area contributed by atoms with Crippen LogP contribution in [0.15, 0.2) is 40.9 Å². The highest BCUT2D eigenvalue weighted by Crippen LogP contribution is 2.23. The van der Waals surface area contributed by atoms with Gasteiger partial charge < -0.3 is 10.2 Å². The van der Waals surface area contributed by atoms with Crippen molar-refractivity contribution in [2.45, 2.75) is 0 Å². The molecule has 26 heavy (non-hydrogen) atoms. The molecule has 0 radical (unpaired) electrons. The molecule has 5 nitrogen and oxygen atoms in total. The third kappa shape index (κ3) is 3.82. The van der Waals surface area contributed by atoms with E-state index in [4.69, 9.17) is 0 Å². The maximum atomic E-state index is 13.8. The van der Waals surface area contributed by atoms with E-state index in [1.165, 1.54) is 28.0 Å². The smallest absolute Gasteiger partial charge is 0.322 e. The molecule has 0 unspecified atom stereocenters. The van der Waals surface area contributed by atoms with Crippen LogP contribution in [0.25, 0.3) is 0 Å². The Morgan fingerprint density at radius 1 is 1.04 bits per heavy atom. The van der Waals surface area contributed by atoms with Crippen molar-refractivity contribution in [1.29, 1.82) is 0 Å². The van der Waals surface area contributed by atoms with Gasteiger partial charge in [-0.05, 0) is 30.3 Å². The topological polar surface area (TPSA) is 52.7 Å². The van der Waals surface area contributed by atoms with Crippen molar-refractivity contribution >= 4 is 39.2 Å². The second-order valence-electron chi connectivity index (χ2n) is 5.63. The zero-order chi connectivity index (χ0) is 18.8. The molecular weight excluding hydrogens is 415 g/mol. The lowest BCUT2D eigenvalue weighted by Crippen LogP contribution is -2.37. The summed E-state index contributed by atoms with van der Waals surface area (Å²) < 4.78 is 40.7. The number of anilines is 2. The number of urea groups is 1. The molecule has 3 amide bonds. The summed E-state index contributed by atoms with van der Waals surface area (Å²) >= 11 is 3.12. The Balaban J connectivity index is 1.64. The van der Waals surface area contributed by atoms with Crippen LogP contribution in [0.5, 0.6) is 0 Å². The number of carbonyl (C=O) groups is 2. The number of halogens is 4. The molecule has 0 aliphatic carbocycles. The summed E-state index contributed by atoms with van der Waals surface area (Å²) in [7, 11) is 0. The Bertz CT molecular complexity index is 878. The molecule has 136 valence electrons. The molecule has 0 spiro atoms. The highest BCUT2D eigenvalue weighted by molar-refractivity contribution is 9.10. The first-order valence-corrected chi connectivity index (χ1v) is 8.41. The molecule has 2 aromatic carbocycles. The Hall–Kier alpha value is -2.55. The molecule has 1 N–H and O–H groups in total. The molecule has 2 aromatic rings. The van der Waals surface area contributed by atoms with E-state index in [1.54, 1.807) is 6.07 Å². The van der Waals surface area contributed by atoms with E-state index in [1.807, 2.05) is 0 Å². The highest BCUT2D eigenvalue weighted by Gasteiger charge is 2.31. The monoisotopic (exact) mass is 427 g/mol. The van der Waals surface area contributed by atoms with Crippen LogP contribution in [0.2, 0.25) is 0 Å². The van der Waals surface area contributed by atoms with E-state index in [0.717, 1.165) is 12.1 Å². The van der Waals surface area contributed by atoms with Gasteiger partial charge in [-0.15, -0.1) is 0 Å². The molecule has 1 heterocycles. The van der Waals surface area contributed by atoms with Crippen LogP contribution >= 0.6 is 15.9 Å². The first-order chi connectivity index (χ1) is 12.3. The van der Waals surface area contributed by atoms with Gasteiger partial charge in [0.15, 0.2) is 11.6 Å². The van der Waals surface area contributed by atoms with Crippen molar-refractivity contribution in [2.75, 3.05) is 29.9 Å². The summed E-state index contributed by atoms with van der Waals surface area (Å²) in [6, 6.07) is 6.82. The quantitative estimate of drug-likeness (QED) is 0.807. The Kier molecular flexibility index (Phi) is 5.17. The normalized spacial score (nSPS) is 14.1. The summed E-state index contributed by atoms with van der Waals surface area (Å²) in [5.74, 6) is -3.24. The van der Waals surface area contributed by atoms with Gasteiger partial charge in [0.1, 0.15) is 12.4 Å². The summed E-state index contributed by atoms with van der Waals surface area (Å²) in [5, 5.41) is 2.40. The van der Waals surface area contributed by atoms with Crippen LogP contribution in [0.3, 0.4) is 0 Å². The van der Waals surface area contributed by atoms with Crippen LogP contribution in [0.4, 0.5) is 29.3 Å². The number of benzene rings is 2. The summed E-state index contributed by atoms with van der Waals surface area (Å²) in [6.45, 7) is 0.173. The van der Waals surface area contributed by atoms with Gasteiger partial charge in [-0.2, -0.15) is 0 Å². The van der Waals surface area contributed by atoms with E-state index >= 15 is 0 Å². The van der Waals surface area contributed by atoms with Gasteiger partial charge in [-0.25, -0.2) is 18.0 Å². The van der Waals surface area contributed by atoms with Crippen molar-refractivity contribution in [3.8, 4) is 0 Å². The fourth-order valence-corrected chi connectivity index (χ4v) is 2.91. The van der Waals surface area contributed by atoms with Gasteiger partial charge in [-0.3, -0.25) is 9.69 Å². The number of nitrogens with zero attached hydrogens (tertiary/aromatic N) is 2. The molecule has 3 rings (SSSR count). The molecule has 1 saturated heterocycles. The van der Waals surface area contributed by atoms with E-state index in [9.17, 15) is 22.8 Å². The lowest BCUT2D eigenvalue weighted by atomic mass is 10.3. The average Bonchev–Trinajstić information content (AvgIpc) is 2.93. The predicted molar refractivity (Wildman–Crippen MR) is 93.4 cm³/mol. The zero-order valence-electron chi connectivity index (χ0n) is 13.3. The van der Waals surface area contributed by atoms with Gasteiger partial charge in [0.2, 0.25) is 5.91 Å². The third-order valence-electron chi connectivity index (χ3n) is 3.85. The van der Waals surface area contributed by atoms with Gasteiger partial charge in [0.05, 0.1) is 5.69 Å². The van der Waals surface area contributed by atoms with Gasteiger partial charge in [0.25, 0.3) is 0 Å². The third-order valence-corrected chi connectivity index (χ3v) is 4.34. The molecule has 1 aliphatic heterocycles. The van der Waals surface area contributed by atoms with Crippen LogP contribution in [0, 0.1) is 17.5 Å². The second kappa shape index (κ2) is 7.36. The minimum absolute atomic E-state index is 0.00214. The van der Waals surface area contributed by atoms with Crippen molar-refractivity contribution in [3.63, 3.8) is 0 Å². The zero-order valence-corrected chi connectivity index (χ0v) is 14.9. The fraction of sp³-hybridized carbons (Fsp3) is 0.176. The summed E-state index contributed by atoms with van der Waals surface area (Å²) in [4.78, 5) is 26.9. The highest BCUT2D eigenvalue weighted by atomic mass is 79.9. The van der Waals surface area contributed by atoms with Crippen molar-refractivity contribution < 1.29 is 22.8 Å². The molecule has 1 fully saturated rings. The van der Waals surface area contributed by atoms with Crippen molar-refractivity contribution in [3.05, 3.63) is 58.3 Å². The fourth-order valence-electron chi connectivity index (χ4n) is 2.58. The lowest BCUT2D eigenvalue weighted by molar-refractivity contribution is -0.116. The maximum Gasteiger partial charge on any atom is 0.325 e. The first kappa shape index (κ1) is 18.2. The van der Waals surface area contributed by atoms with E-state index in [2.05, 4.69) is 21.2 Å². The first-order valence-electron chi connectivity index (χ1n) is 7.61. The van der Waals surface area contributed by atoms with E-state index in [-0.39, 0.29) is 31.0 Å². The van der Waals surface area contributed by atoms with Gasteiger partial charge >= 0.3 is 6.03 Å². The Labute approximate surface area is 155 Å². The Morgan fingerprint density at radius 3 is 2.50 bits per heavy atom. The van der Waals surface area contributed by atoms with E-state index in [0.29, 0.717) is 4.47 Å². The number of rotatable bonds is 4. The standard InChI is InChI=1S/C17H13BrF3N3O2/c18-10-1-4-15(14(21)7-10)22-16(25)9-23-5-6-24(17(23)26)11-2-3-12(19)13(20)8-11/h1-4,7-8H,5-6,9H2,(H,22,25). The second-order valence-corrected chi connectivity index (χ2v) is 6.54. The van der Waals surface area contributed by atoms with Crippen molar-refractivity contribution in [2.24, 2.45) is 0 Å². The molecule has 9 heteroatoms. The predicted octanol–water partition coefficient (Wildman–Crippen LogP) is 3.75. The number of hydrogen-bond acceptors (Lipinski definition) is 2. The van der Waals surface area contributed by atoms with Crippen LogP contribution in [-0.2, 0) is 4.79 Å². The largest absolute Gasteiger partial charge is 0.325 e. The Morgan fingerprint density at radius 2 is 1.81 bits per heavy atom. The van der Waals surface area contributed by atoms with Crippen molar-refractivity contribution in [1.82, 2.24) is 4.90 Å². The summed E-state index contributed by atoms with van der Waals surface area (Å²) in [5.41, 5.74) is 0.207. The molecular formula is C17H13BrF3N3O2. The maximum absolute atomic E-state index is 13.8. The van der Waals surface area contributed by atoms with Crippen LogP contribution in [0.1, 0.15) is 0 Å². The van der Waals surface area contributed by atoms with E-state index < -0.39 is 29.4 Å². The minimum Gasteiger partial charge on any atom is -0.322 e.